The molecule has 1 heterocycles. The number of carbonyl (C=O) groups excluding carboxylic acids is 2. The average Bonchev–Trinajstić information content (AvgIpc) is 3.35. The van der Waals surface area contributed by atoms with Crippen LogP contribution in [-0.2, 0) is 11.3 Å². The minimum atomic E-state index is -0.249. The summed E-state index contributed by atoms with van der Waals surface area (Å²) in [6.45, 7) is 2.59. The van der Waals surface area contributed by atoms with Gasteiger partial charge in [0.05, 0.1) is 23.8 Å². The Bertz CT molecular complexity index is 773. The molecule has 8 heteroatoms. The lowest BCUT2D eigenvalue weighted by Crippen LogP contribution is -2.37. The van der Waals surface area contributed by atoms with Crippen LogP contribution in [0.15, 0.2) is 29.6 Å². The molecule has 0 unspecified atom stereocenters. The first-order valence-electron chi connectivity index (χ1n) is 8.56. The summed E-state index contributed by atoms with van der Waals surface area (Å²) in [4.78, 5) is 27.4. The van der Waals surface area contributed by atoms with Crippen molar-refractivity contribution in [1.29, 1.82) is 0 Å². The van der Waals surface area contributed by atoms with E-state index in [0.717, 1.165) is 5.69 Å². The fraction of sp³-hybridized carbons (Fsp3) is 0.389. The third-order valence-corrected chi connectivity index (χ3v) is 4.79. The summed E-state index contributed by atoms with van der Waals surface area (Å²) >= 11 is 1.67. The summed E-state index contributed by atoms with van der Waals surface area (Å²) in [5.41, 5.74) is 1.58. The van der Waals surface area contributed by atoms with Crippen molar-refractivity contribution in [2.24, 2.45) is 0 Å². The number of aromatic nitrogens is 1. The minimum Gasteiger partial charge on any atom is -0.492 e. The van der Waals surface area contributed by atoms with E-state index < -0.39 is 0 Å². The molecule has 3 rings (SSSR count). The van der Waals surface area contributed by atoms with Crippen molar-refractivity contribution in [3.8, 4) is 5.75 Å². The number of ether oxygens (including phenoxy) is 1. The Morgan fingerprint density at radius 2 is 2.15 bits per heavy atom. The van der Waals surface area contributed by atoms with Gasteiger partial charge in [-0.1, -0.05) is 6.07 Å². The maximum Gasteiger partial charge on any atom is 0.315 e. The van der Waals surface area contributed by atoms with Crippen LogP contribution in [0.4, 0.5) is 10.5 Å². The van der Waals surface area contributed by atoms with Crippen LogP contribution in [0.1, 0.15) is 36.4 Å². The second kappa shape index (κ2) is 8.66. The molecule has 1 aliphatic rings. The van der Waals surface area contributed by atoms with Crippen LogP contribution in [0, 0.1) is 0 Å². The van der Waals surface area contributed by atoms with Crippen molar-refractivity contribution in [3.05, 3.63) is 40.3 Å². The van der Waals surface area contributed by atoms with Crippen LogP contribution in [-0.4, -0.2) is 30.1 Å². The van der Waals surface area contributed by atoms with E-state index in [1.807, 2.05) is 5.38 Å². The first kappa shape index (κ1) is 18.2. The molecule has 1 aliphatic carbocycles. The van der Waals surface area contributed by atoms with E-state index in [1.165, 1.54) is 24.8 Å². The molecule has 0 bridgehead atoms. The quantitative estimate of drug-likeness (QED) is 0.620. The number of benzene rings is 1. The Hall–Kier alpha value is -2.61. The SMILES string of the molecule is CC(=O)Nc1cccc(OCCNC(=O)NCc2csc(C3CC3)n2)c1. The van der Waals surface area contributed by atoms with Gasteiger partial charge in [0.25, 0.3) is 0 Å². The third kappa shape index (κ3) is 5.73. The molecule has 1 fully saturated rings. The molecule has 0 saturated heterocycles. The lowest BCUT2D eigenvalue weighted by atomic mass is 10.3. The number of thiazole rings is 1. The van der Waals surface area contributed by atoms with Gasteiger partial charge in [0.15, 0.2) is 0 Å². The zero-order valence-corrected chi connectivity index (χ0v) is 15.4. The average molecular weight is 374 g/mol. The standard InChI is InChI=1S/C18H22N4O3S/c1-12(23)21-14-3-2-4-16(9-14)25-8-7-19-18(24)20-10-15-11-26-17(22-15)13-5-6-13/h2-4,9,11,13H,5-8,10H2,1H3,(H,21,23)(H2,19,20,24). The summed E-state index contributed by atoms with van der Waals surface area (Å²) in [5.74, 6) is 1.14. The molecular formula is C18H22N4O3S. The van der Waals surface area contributed by atoms with Crippen LogP contribution >= 0.6 is 11.3 Å². The van der Waals surface area contributed by atoms with Gasteiger partial charge in [0.2, 0.25) is 5.91 Å². The number of rotatable bonds is 8. The van der Waals surface area contributed by atoms with E-state index in [2.05, 4.69) is 20.9 Å². The number of hydrogen-bond donors (Lipinski definition) is 3. The molecule has 1 saturated carbocycles. The number of nitrogens with one attached hydrogen (secondary N) is 3. The molecule has 3 amide bonds. The van der Waals surface area contributed by atoms with Crippen LogP contribution < -0.4 is 20.7 Å². The topological polar surface area (TPSA) is 92.4 Å². The molecule has 138 valence electrons. The smallest absolute Gasteiger partial charge is 0.315 e. The number of nitrogens with zero attached hydrogens (tertiary/aromatic N) is 1. The predicted molar refractivity (Wildman–Crippen MR) is 101 cm³/mol. The van der Waals surface area contributed by atoms with Gasteiger partial charge in [0, 0.05) is 30.0 Å². The predicted octanol–water partition coefficient (Wildman–Crippen LogP) is 2.86. The van der Waals surface area contributed by atoms with E-state index >= 15 is 0 Å². The Morgan fingerprint density at radius 3 is 2.92 bits per heavy atom. The highest BCUT2D eigenvalue weighted by molar-refractivity contribution is 7.09. The van der Waals surface area contributed by atoms with Crippen molar-refractivity contribution < 1.29 is 14.3 Å². The first-order chi connectivity index (χ1) is 12.6. The maximum absolute atomic E-state index is 11.8. The minimum absolute atomic E-state index is 0.134. The number of urea groups is 1. The fourth-order valence-electron chi connectivity index (χ4n) is 2.36. The molecule has 1 aromatic carbocycles. The van der Waals surface area contributed by atoms with Gasteiger partial charge in [-0.3, -0.25) is 4.79 Å². The van der Waals surface area contributed by atoms with E-state index in [1.54, 1.807) is 35.6 Å². The van der Waals surface area contributed by atoms with Gasteiger partial charge < -0.3 is 20.7 Å². The van der Waals surface area contributed by atoms with Gasteiger partial charge in [-0.25, -0.2) is 9.78 Å². The second-order valence-corrected chi connectivity index (χ2v) is 7.01. The zero-order chi connectivity index (χ0) is 18.4. The van der Waals surface area contributed by atoms with Crippen molar-refractivity contribution in [2.75, 3.05) is 18.5 Å². The molecule has 0 aliphatic heterocycles. The number of hydrogen-bond acceptors (Lipinski definition) is 5. The van der Waals surface area contributed by atoms with E-state index in [9.17, 15) is 9.59 Å². The Balaban J connectivity index is 1.32. The largest absolute Gasteiger partial charge is 0.492 e. The third-order valence-electron chi connectivity index (χ3n) is 3.74. The highest BCUT2D eigenvalue weighted by Gasteiger charge is 2.26. The first-order valence-corrected chi connectivity index (χ1v) is 9.44. The van der Waals surface area contributed by atoms with Crippen LogP contribution in [0.25, 0.3) is 0 Å². The van der Waals surface area contributed by atoms with Gasteiger partial charge in [0.1, 0.15) is 12.4 Å². The van der Waals surface area contributed by atoms with E-state index in [0.29, 0.717) is 37.1 Å². The molecule has 2 aromatic rings. The highest BCUT2D eigenvalue weighted by atomic mass is 32.1. The van der Waals surface area contributed by atoms with Crippen LogP contribution in [0.3, 0.4) is 0 Å². The molecule has 7 nitrogen and oxygen atoms in total. The Morgan fingerprint density at radius 1 is 1.31 bits per heavy atom. The normalized spacial score (nSPS) is 13.1. The van der Waals surface area contributed by atoms with Gasteiger partial charge in [-0.15, -0.1) is 11.3 Å². The van der Waals surface area contributed by atoms with Gasteiger partial charge >= 0.3 is 6.03 Å². The second-order valence-electron chi connectivity index (χ2n) is 6.12. The number of carbonyl (C=O) groups is 2. The van der Waals surface area contributed by atoms with Gasteiger partial charge in [-0.2, -0.15) is 0 Å². The van der Waals surface area contributed by atoms with E-state index in [-0.39, 0.29) is 11.9 Å². The highest BCUT2D eigenvalue weighted by Crippen LogP contribution is 2.41. The monoisotopic (exact) mass is 374 g/mol. The van der Waals surface area contributed by atoms with Crippen molar-refractivity contribution >= 4 is 29.0 Å². The molecular weight excluding hydrogens is 352 g/mol. The maximum atomic E-state index is 11.8. The van der Waals surface area contributed by atoms with Crippen molar-refractivity contribution in [1.82, 2.24) is 15.6 Å². The summed E-state index contributed by atoms with van der Waals surface area (Å²) in [6.07, 6.45) is 2.46. The summed E-state index contributed by atoms with van der Waals surface area (Å²) in [6, 6.07) is 6.87. The molecule has 0 atom stereocenters. The molecule has 26 heavy (non-hydrogen) atoms. The Labute approximate surface area is 156 Å². The Kier molecular flexibility index (Phi) is 6.06. The van der Waals surface area contributed by atoms with Crippen LogP contribution in [0.2, 0.25) is 0 Å². The van der Waals surface area contributed by atoms with Crippen molar-refractivity contribution in [3.63, 3.8) is 0 Å². The van der Waals surface area contributed by atoms with Crippen LogP contribution in [0.5, 0.6) is 5.75 Å². The van der Waals surface area contributed by atoms with Gasteiger partial charge in [-0.05, 0) is 25.0 Å². The van der Waals surface area contributed by atoms with Crippen molar-refractivity contribution in [2.45, 2.75) is 32.2 Å². The van der Waals surface area contributed by atoms with E-state index in [4.69, 9.17) is 4.74 Å². The number of anilines is 1. The lowest BCUT2D eigenvalue weighted by Gasteiger charge is -2.10. The molecule has 0 spiro atoms. The summed E-state index contributed by atoms with van der Waals surface area (Å²) in [5, 5.41) is 11.4. The lowest BCUT2D eigenvalue weighted by molar-refractivity contribution is -0.114. The zero-order valence-electron chi connectivity index (χ0n) is 14.6. The molecule has 1 aromatic heterocycles. The molecule has 0 radical (unpaired) electrons. The fourth-order valence-corrected chi connectivity index (χ4v) is 3.35. The number of amides is 3. The summed E-state index contributed by atoms with van der Waals surface area (Å²) in [7, 11) is 0. The summed E-state index contributed by atoms with van der Waals surface area (Å²) < 4.78 is 5.57. The molecule has 3 N–H and O–H groups in total.